The third-order valence-electron chi connectivity index (χ3n) is 2.57. The van der Waals surface area contributed by atoms with Crippen LogP contribution in [-0.2, 0) is 16.1 Å². The molecule has 0 unspecified atom stereocenters. The van der Waals surface area contributed by atoms with Gasteiger partial charge < -0.3 is 14.0 Å². The van der Waals surface area contributed by atoms with E-state index < -0.39 is 11.9 Å². The zero-order chi connectivity index (χ0) is 14.5. The number of ether oxygens (including phenoxy) is 2. The Balaban J connectivity index is 1.94. The average molecular weight is 275 g/mol. The van der Waals surface area contributed by atoms with Crippen LogP contribution in [0.25, 0.3) is 0 Å². The largest absolute Gasteiger partial charge is 0.465 e. The number of carbonyl (C=O) groups excluding carboxylic acids is 2. The molecule has 0 saturated heterocycles. The van der Waals surface area contributed by atoms with Gasteiger partial charge in [0.2, 0.25) is 5.76 Å². The van der Waals surface area contributed by atoms with Crippen LogP contribution in [0.3, 0.4) is 0 Å². The van der Waals surface area contributed by atoms with Crippen molar-refractivity contribution in [2.75, 3.05) is 7.11 Å². The first-order chi connectivity index (χ1) is 9.60. The minimum atomic E-state index is -0.581. The Bertz CT molecular complexity index is 615. The van der Waals surface area contributed by atoms with Gasteiger partial charge in [-0.2, -0.15) is 0 Å². The molecule has 0 amide bonds. The maximum Gasteiger partial charge on any atom is 0.377 e. The summed E-state index contributed by atoms with van der Waals surface area (Å²) in [5, 5.41) is 3.61. The molecule has 0 atom stereocenters. The van der Waals surface area contributed by atoms with E-state index >= 15 is 0 Å². The summed E-state index contributed by atoms with van der Waals surface area (Å²) in [5.41, 5.74) is 1.80. The Hall–Kier alpha value is -2.63. The monoisotopic (exact) mass is 275 g/mol. The van der Waals surface area contributed by atoms with Crippen LogP contribution in [-0.4, -0.2) is 24.2 Å². The van der Waals surface area contributed by atoms with E-state index in [1.807, 2.05) is 0 Å². The predicted molar refractivity (Wildman–Crippen MR) is 68.1 cm³/mol. The molecule has 0 fully saturated rings. The van der Waals surface area contributed by atoms with E-state index in [4.69, 9.17) is 9.26 Å². The van der Waals surface area contributed by atoms with Gasteiger partial charge in [-0.3, -0.25) is 0 Å². The van der Waals surface area contributed by atoms with Gasteiger partial charge in [0, 0.05) is 6.07 Å². The molecule has 0 aliphatic rings. The number of esters is 2. The maximum absolute atomic E-state index is 11.6. The molecule has 0 bridgehead atoms. The molecule has 1 aromatic heterocycles. The lowest BCUT2D eigenvalue weighted by Gasteiger charge is -2.04. The minimum Gasteiger partial charge on any atom is -0.465 e. The lowest BCUT2D eigenvalue weighted by atomic mass is 10.1. The SMILES string of the molecule is COC(=O)c1ccc(COC(=O)c2cc(C)no2)cc1. The van der Waals surface area contributed by atoms with Gasteiger partial charge in [0.25, 0.3) is 0 Å². The lowest BCUT2D eigenvalue weighted by Crippen LogP contribution is -2.05. The van der Waals surface area contributed by atoms with Gasteiger partial charge in [-0.25, -0.2) is 9.59 Å². The number of hydrogen-bond donors (Lipinski definition) is 0. The summed E-state index contributed by atoms with van der Waals surface area (Å²) in [7, 11) is 1.32. The van der Waals surface area contributed by atoms with Gasteiger partial charge in [0.1, 0.15) is 6.61 Å². The first-order valence-corrected chi connectivity index (χ1v) is 5.88. The summed E-state index contributed by atoms with van der Waals surface area (Å²) in [6.07, 6.45) is 0. The fourth-order valence-electron chi connectivity index (χ4n) is 1.53. The van der Waals surface area contributed by atoms with Crippen molar-refractivity contribution in [3.05, 3.63) is 52.9 Å². The molecule has 1 aromatic carbocycles. The molecule has 0 aliphatic carbocycles. The normalized spacial score (nSPS) is 10.1. The number of nitrogens with zero attached hydrogens (tertiary/aromatic N) is 1. The van der Waals surface area contributed by atoms with Crippen molar-refractivity contribution in [3.63, 3.8) is 0 Å². The van der Waals surface area contributed by atoms with Crippen molar-refractivity contribution < 1.29 is 23.6 Å². The van der Waals surface area contributed by atoms with Crippen LogP contribution in [0.2, 0.25) is 0 Å². The topological polar surface area (TPSA) is 78.6 Å². The zero-order valence-corrected chi connectivity index (χ0v) is 11.1. The zero-order valence-electron chi connectivity index (χ0n) is 11.1. The number of aryl methyl sites for hydroxylation is 1. The van der Waals surface area contributed by atoms with Crippen molar-refractivity contribution in [2.24, 2.45) is 0 Å². The molecule has 6 nitrogen and oxygen atoms in total. The average Bonchev–Trinajstić information content (AvgIpc) is 2.91. The highest BCUT2D eigenvalue weighted by Gasteiger charge is 2.13. The number of carbonyl (C=O) groups is 2. The standard InChI is InChI=1S/C14H13NO5/c1-9-7-12(20-15-9)14(17)19-8-10-3-5-11(6-4-10)13(16)18-2/h3-7H,8H2,1-2H3. The highest BCUT2D eigenvalue weighted by Crippen LogP contribution is 2.09. The second kappa shape index (κ2) is 6.01. The third kappa shape index (κ3) is 3.23. The maximum atomic E-state index is 11.6. The molecule has 0 aliphatic heterocycles. The van der Waals surface area contributed by atoms with Crippen molar-refractivity contribution in [3.8, 4) is 0 Å². The van der Waals surface area contributed by atoms with E-state index in [0.29, 0.717) is 11.3 Å². The van der Waals surface area contributed by atoms with Gasteiger partial charge in [0.15, 0.2) is 0 Å². The first kappa shape index (κ1) is 13.8. The molecule has 0 spiro atoms. The van der Waals surface area contributed by atoms with E-state index in [1.54, 1.807) is 31.2 Å². The predicted octanol–water partition coefficient (Wildman–Crippen LogP) is 2.13. The van der Waals surface area contributed by atoms with Crippen molar-refractivity contribution >= 4 is 11.9 Å². The Morgan fingerprint density at radius 3 is 2.45 bits per heavy atom. The smallest absolute Gasteiger partial charge is 0.377 e. The van der Waals surface area contributed by atoms with Crippen LogP contribution in [0.15, 0.2) is 34.9 Å². The Kier molecular flexibility index (Phi) is 4.14. The highest BCUT2D eigenvalue weighted by molar-refractivity contribution is 5.89. The summed E-state index contributed by atoms with van der Waals surface area (Å²) in [6.45, 7) is 1.80. The molecule has 0 radical (unpaired) electrons. The fourth-order valence-corrected chi connectivity index (χ4v) is 1.53. The van der Waals surface area contributed by atoms with Crippen molar-refractivity contribution in [1.82, 2.24) is 5.16 Å². The van der Waals surface area contributed by atoms with Crippen molar-refractivity contribution in [2.45, 2.75) is 13.5 Å². The van der Waals surface area contributed by atoms with Crippen LogP contribution < -0.4 is 0 Å². The summed E-state index contributed by atoms with van der Waals surface area (Å²) < 4.78 is 14.4. The van der Waals surface area contributed by atoms with Crippen molar-refractivity contribution in [1.29, 1.82) is 0 Å². The second-order valence-corrected chi connectivity index (χ2v) is 4.10. The second-order valence-electron chi connectivity index (χ2n) is 4.10. The summed E-state index contributed by atoms with van der Waals surface area (Å²) >= 11 is 0. The molecular weight excluding hydrogens is 262 g/mol. The van der Waals surface area contributed by atoms with E-state index in [1.165, 1.54) is 13.2 Å². The summed E-state index contributed by atoms with van der Waals surface area (Å²) in [4.78, 5) is 22.9. The summed E-state index contributed by atoms with van der Waals surface area (Å²) in [6, 6.07) is 8.08. The molecule has 2 aromatic rings. The van der Waals surface area contributed by atoms with Gasteiger partial charge in [0.05, 0.1) is 18.4 Å². The van der Waals surface area contributed by atoms with Gasteiger partial charge in [-0.15, -0.1) is 0 Å². The van der Waals surface area contributed by atoms with Crippen LogP contribution in [0, 0.1) is 6.92 Å². The fraction of sp³-hybridized carbons (Fsp3) is 0.214. The number of methoxy groups -OCH3 is 1. The highest BCUT2D eigenvalue weighted by atomic mass is 16.6. The van der Waals surface area contributed by atoms with Gasteiger partial charge >= 0.3 is 11.9 Å². The van der Waals surface area contributed by atoms with Gasteiger partial charge in [-0.05, 0) is 24.6 Å². The van der Waals surface area contributed by atoms with Crippen LogP contribution >= 0.6 is 0 Å². The Morgan fingerprint density at radius 1 is 1.20 bits per heavy atom. The molecule has 6 heteroatoms. The molecule has 2 rings (SSSR count). The quantitative estimate of drug-likeness (QED) is 0.795. The molecule has 20 heavy (non-hydrogen) atoms. The van der Waals surface area contributed by atoms with Crippen LogP contribution in [0.1, 0.15) is 32.2 Å². The molecule has 1 heterocycles. The number of benzene rings is 1. The summed E-state index contributed by atoms with van der Waals surface area (Å²) in [5.74, 6) is -0.929. The molecule has 0 saturated carbocycles. The molecular formula is C14H13NO5. The van der Waals surface area contributed by atoms with E-state index in [2.05, 4.69) is 9.89 Å². The lowest BCUT2D eigenvalue weighted by molar-refractivity contribution is 0.0425. The van der Waals surface area contributed by atoms with Gasteiger partial charge in [-0.1, -0.05) is 17.3 Å². The van der Waals surface area contributed by atoms with Crippen LogP contribution in [0.4, 0.5) is 0 Å². The first-order valence-electron chi connectivity index (χ1n) is 5.88. The van der Waals surface area contributed by atoms with E-state index in [9.17, 15) is 9.59 Å². The van der Waals surface area contributed by atoms with Crippen LogP contribution in [0.5, 0.6) is 0 Å². The number of hydrogen-bond acceptors (Lipinski definition) is 6. The third-order valence-corrected chi connectivity index (χ3v) is 2.57. The minimum absolute atomic E-state index is 0.0636. The molecule has 104 valence electrons. The Labute approximate surface area is 115 Å². The molecule has 0 N–H and O–H groups in total. The number of rotatable bonds is 4. The van der Waals surface area contributed by atoms with E-state index in [0.717, 1.165) is 5.56 Å². The number of aromatic nitrogens is 1. The van der Waals surface area contributed by atoms with E-state index in [-0.39, 0.29) is 12.4 Å². The Morgan fingerprint density at radius 2 is 1.90 bits per heavy atom.